The molecule has 0 spiro atoms. The maximum Gasteiger partial charge on any atom is 0.221 e. The number of nitrogens with zero attached hydrogens (tertiary/aromatic N) is 1. The van der Waals surface area contributed by atoms with Crippen LogP contribution in [0.5, 0.6) is 5.88 Å². The van der Waals surface area contributed by atoms with Gasteiger partial charge >= 0.3 is 0 Å². The number of carbonyl (C=O) groups is 1. The first-order chi connectivity index (χ1) is 10.8. The van der Waals surface area contributed by atoms with Crippen LogP contribution >= 0.6 is 11.8 Å². The van der Waals surface area contributed by atoms with E-state index in [4.69, 9.17) is 9.53 Å². The predicted molar refractivity (Wildman–Crippen MR) is 89.7 cm³/mol. The monoisotopic (exact) mass is 320 g/mol. The standard InChI is InChI=1S/C14H16N2OS.CH4N2O/c1-15-12-6-5-7-13(18-2)11(12)10-17-14-8-3-4-9-16-14;2-3-1-4/h3-9,15H,10H2,1-2H3;1H,2H2,(H,3,4). The molecule has 0 aliphatic carbocycles. The number of amides is 1. The number of rotatable bonds is 6. The fourth-order valence-corrected chi connectivity index (χ4v) is 2.35. The highest BCUT2D eigenvalue weighted by atomic mass is 32.2. The van der Waals surface area contributed by atoms with Crippen molar-refractivity contribution in [2.75, 3.05) is 18.6 Å². The topological polar surface area (TPSA) is 89.3 Å². The van der Waals surface area contributed by atoms with E-state index in [1.807, 2.05) is 31.3 Å². The Labute approximate surface area is 134 Å². The number of thioether (sulfide) groups is 1. The fraction of sp³-hybridized carbons (Fsp3) is 0.200. The van der Waals surface area contributed by atoms with Gasteiger partial charge in [0.2, 0.25) is 12.3 Å². The lowest BCUT2D eigenvalue weighted by Gasteiger charge is -2.13. The van der Waals surface area contributed by atoms with Gasteiger partial charge in [-0.2, -0.15) is 0 Å². The van der Waals surface area contributed by atoms with Crippen LogP contribution in [-0.4, -0.2) is 24.7 Å². The maximum absolute atomic E-state index is 8.94. The molecule has 4 N–H and O–H groups in total. The molecule has 0 aliphatic rings. The normalized spacial score (nSPS) is 9.23. The molecular weight excluding hydrogens is 300 g/mol. The minimum absolute atomic E-state index is 0.403. The average molecular weight is 320 g/mol. The van der Waals surface area contributed by atoms with E-state index < -0.39 is 0 Å². The average Bonchev–Trinajstić information content (AvgIpc) is 2.60. The molecule has 0 fully saturated rings. The van der Waals surface area contributed by atoms with Crippen molar-refractivity contribution < 1.29 is 9.53 Å². The number of nitrogens with one attached hydrogen (secondary N) is 2. The summed E-state index contributed by atoms with van der Waals surface area (Å²) in [5.74, 6) is 5.06. The molecule has 1 aromatic carbocycles. The summed E-state index contributed by atoms with van der Waals surface area (Å²) >= 11 is 1.72. The van der Waals surface area contributed by atoms with Crippen LogP contribution in [0.2, 0.25) is 0 Å². The lowest BCUT2D eigenvalue weighted by atomic mass is 10.2. The Morgan fingerprint density at radius 2 is 2.09 bits per heavy atom. The molecule has 22 heavy (non-hydrogen) atoms. The van der Waals surface area contributed by atoms with Gasteiger partial charge in [0.05, 0.1) is 0 Å². The lowest BCUT2D eigenvalue weighted by molar-refractivity contribution is -0.109. The highest BCUT2D eigenvalue weighted by Gasteiger charge is 2.07. The summed E-state index contributed by atoms with van der Waals surface area (Å²) in [6, 6.07) is 11.9. The molecule has 0 unspecified atom stereocenters. The Bertz CT molecular complexity index is 544. The molecule has 0 saturated heterocycles. The van der Waals surface area contributed by atoms with Crippen molar-refractivity contribution in [2.45, 2.75) is 11.5 Å². The molecule has 1 amide bonds. The number of hydrogen-bond acceptors (Lipinski definition) is 6. The van der Waals surface area contributed by atoms with Crippen molar-refractivity contribution in [2.24, 2.45) is 5.84 Å². The summed E-state index contributed by atoms with van der Waals surface area (Å²) in [6.07, 6.45) is 4.20. The van der Waals surface area contributed by atoms with E-state index in [9.17, 15) is 0 Å². The van der Waals surface area contributed by atoms with Crippen LogP contribution in [0, 0.1) is 0 Å². The largest absolute Gasteiger partial charge is 0.473 e. The van der Waals surface area contributed by atoms with Crippen molar-refractivity contribution in [1.29, 1.82) is 0 Å². The zero-order chi connectivity index (χ0) is 16.2. The van der Waals surface area contributed by atoms with E-state index >= 15 is 0 Å². The molecule has 2 aromatic rings. The minimum Gasteiger partial charge on any atom is -0.473 e. The molecule has 0 aliphatic heterocycles. The van der Waals surface area contributed by atoms with Gasteiger partial charge < -0.3 is 10.1 Å². The van der Waals surface area contributed by atoms with Crippen molar-refractivity contribution >= 4 is 23.9 Å². The van der Waals surface area contributed by atoms with Gasteiger partial charge in [-0.05, 0) is 24.5 Å². The van der Waals surface area contributed by atoms with Crippen molar-refractivity contribution in [3.63, 3.8) is 0 Å². The number of ether oxygens (including phenoxy) is 1. The van der Waals surface area contributed by atoms with Crippen LogP contribution in [-0.2, 0) is 11.4 Å². The number of aromatic nitrogens is 1. The van der Waals surface area contributed by atoms with Gasteiger partial charge in [-0.15, -0.1) is 11.8 Å². The quantitative estimate of drug-likeness (QED) is 0.248. The van der Waals surface area contributed by atoms with Crippen LogP contribution in [0.15, 0.2) is 47.5 Å². The lowest BCUT2D eigenvalue weighted by Crippen LogP contribution is -2.18. The van der Waals surface area contributed by atoms with Crippen molar-refractivity contribution in [1.82, 2.24) is 10.4 Å². The molecule has 1 aromatic heterocycles. The molecule has 118 valence electrons. The fourth-order valence-electron chi connectivity index (χ4n) is 1.72. The van der Waals surface area contributed by atoms with Gasteiger partial charge in [-0.3, -0.25) is 10.2 Å². The van der Waals surface area contributed by atoms with E-state index in [2.05, 4.69) is 34.5 Å². The first-order valence-corrected chi connectivity index (χ1v) is 7.76. The molecule has 2 rings (SSSR count). The Kier molecular flexibility index (Phi) is 8.47. The third kappa shape index (κ3) is 5.63. The molecule has 7 heteroatoms. The number of anilines is 1. The van der Waals surface area contributed by atoms with Gasteiger partial charge in [0.15, 0.2) is 0 Å². The molecule has 0 bridgehead atoms. The Morgan fingerprint density at radius 1 is 1.32 bits per heavy atom. The van der Waals surface area contributed by atoms with E-state index in [1.165, 1.54) is 4.90 Å². The van der Waals surface area contributed by atoms with Gasteiger partial charge in [-0.1, -0.05) is 12.1 Å². The van der Waals surface area contributed by atoms with Gasteiger partial charge in [0.25, 0.3) is 0 Å². The first-order valence-electron chi connectivity index (χ1n) is 6.54. The smallest absolute Gasteiger partial charge is 0.221 e. The third-order valence-electron chi connectivity index (χ3n) is 2.69. The number of nitrogens with two attached hydrogens (primary N) is 1. The molecule has 0 radical (unpaired) electrons. The highest BCUT2D eigenvalue weighted by Crippen LogP contribution is 2.27. The second-order valence-electron chi connectivity index (χ2n) is 3.98. The Hall–Kier alpha value is -2.25. The summed E-state index contributed by atoms with van der Waals surface area (Å²) in [7, 11) is 1.92. The van der Waals surface area contributed by atoms with E-state index in [0.29, 0.717) is 18.9 Å². The zero-order valence-corrected chi connectivity index (χ0v) is 13.4. The van der Waals surface area contributed by atoms with E-state index in [0.717, 1.165) is 11.3 Å². The highest BCUT2D eigenvalue weighted by molar-refractivity contribution is 7.98. The number of carbonyl (C=O) groups excluding carboxylic acids is 1. The minimum atomic E-state index is 0.403. The summed E-state index contributed by atoms with van der Waals surface area (Å²) in [5.41, 5.74) is 4.01. The van der Waals surface area contributed by atoms with Crippen LogP contribution in [0.25, 0.3) is 0 Å². The van der Waals surface area contributed by atoms with Gasteiger partial charge in [-0.25, -0.2) is 10.8 Å². The van der Waals surface area contributed by atoms with E-state index in [1.54, 1.807) is 23.4 Å². The first kappa shape index (κ1) is 17.8. The number of hydrogen-bond donors (Lipinski definition) is 3. The summed E-state index contributed by atoms with van der Waals surface area (Å²) < 4.78 is 5.71. The molecule has 0 atom stereocenters. The van der Waals surface area contributed by atoms with Crippen LogP contribution in [0.4, 0.5) is 5.69 Å². The van der Waals surface area contributed by atoms with E-state index in [-0.39, 0.29) is 0 Å². The van der Waals surface area contributed by atoms with Gasteiger partial charge in [0, 0.05) is 35.5 Å². The second kappa shape index (κ2) is 10.5. The summed E-state index contributed by atoms with van der Waals surface area (Å²) in [4.78, 5) is 14.3. The molecule has 0 saturated carbocycles. The van der Waals surface area contributed by atoms with Crippen LogP contribution in [0.3, 0.4) is 0 Å². The number of pyridine rings is 1. The Balaban J connectivity index is 0.000000541. The second-order valence-corrected chi connectivity index (χ2v) is 4.83. The van der Waals surface area contributed by atoms with Crippen molar-refractivity contribution in [3.05, 3.63) is 48.2 Å². The Morgan fingerprint density at radius 3 is 2.64 bits per heavy atom. The van der Waals surface area contributed by atoms with Crippen LogP contribution < -0.4 is 21.3 Å². The summed E-state index contributed by atoms with van der Waals surface area (Å²) in [5, 5.41) is 3.19. The zero-order valence-electron chi connectivity index (χ0n) is 12.6. The van der Waals surface area contributed by atoms with Crippen molar-refractivity contribution in [3.8, 4) is 5.88 Å². The van der Waals surface area contributed by atoms with Crippen LogP contribution in [0.1, 0.15) is 5.56 Å². The molecular formula is C15H20N4O2S. The number of hydrazine groups is 1. The summed E-state index contributed by atoms with van der Waals surface area (Å²) in [6.45, 7) is 0.518. The SMILES string of the molecule is CNc1cccc(SC)c1COc1ccccn1.NNC=O. The predicted octanol–water partition coefficient (Wildman–Crippen LogP) is 2.03. The third-order valence-corrected chi connectivity index (χ3v) is 3.51. The van der Waals surface area contributed by atoms with Gasteiger partial charge in [0.1, 0.15) is 6.61 Å². The molecule has 6 nitrogen and oxygen atoms in total. The maximum atomic E-state index is 8.94. The number of benzene rings is 1. The molecule has 1 heterocycles.